The van der Waals surface area contributed by atoms with Crippen molar-refractivity contribution in [2.75, 3.05) is 25.3 Å². The van der Waals surface area contributed by atoms with Gasteiger partial charge < -0.3 is 19.5 Å². The van der Waals surface area contributed by atoms with Crippen LogP contribution in [0.4, 0.5) is 5.82 Å². The number of hydrogen-bond acceptors (Lipinski definition) is 7. The van der Waals surface area contributed by atoms with E-state index < -0.39 is 0 Å². The first kappa shape index (κ1) is 16.2. The Hall–Kier alpha value is -3.29. The van der Waals surface area contributed by atoms with Crippen LogP contribution in [0, 0.1) is 13.8 Å². The summed E-state index contributed by atoms with van der Waals surface area (Å²) >= 11 is 0. The van der Waals surface area contributed by atoms with Gasteiger partial charge in [-0.3, -0.25) is 4.98 Å². The highest BCUT2D eigenvalue weighted by Crippen LogP contribution is 2.34. The van der Waals surface area contributed by atoms with Gasteiger partial charge in [-0.15, -0.1) is 0 Å². The molecule has 4 rings (SSSR count). The van der Waals surface area contributed by atoms with E-state index in [2.05, 4.69) is 20.4 Å². The number of nitrogens with one attached hydrogen (secondary N) is 1. The minimum Gasteiger partial charge on any atom is -0.492 e. The standard InChI is InChI=1S/C18H19N5O3/c1-12-7-13(2)23(22-12)18-10-19-9-17(21-18)20-5-6-24-14-3-4-15-16(8-14)26-11-25-15/h3-4,7-10H,5-6,11H2,1-2H3,(H,20,21). The Bertz CT molecular complexity index is 925. The second-order valence-corrected chi connectivity index (χ2v) is 5.89. The van der Waals surface area contributed by atoms with Crippen molar-refractivity contribution in [1.82, 2.24) is 19.7 Å². The first-order chi connectivity index (χ1) is 12.7. The van der Waals surface area contributed by atoms with Crippen LogP contribution in [-0.2, 0) is 0 Å². The van der Waals surface area contributed by atoms with Gasteiger partial charge in [0.2, 0.25) is 6.79 Å². The van der Waals surface area contributed by atoms with Gasteiger partial charge in [0.25, 0.3) is 0 Å². The molecule has 3 heterocycles. The molecule has 0 bridgehead atoms. The lowest BCUT2D eigenvalue weighted by Gasteiger charge is -2.09. The Labute approximate surface area is 150 Å². The smallest absolute Gasteiger partial charge is 0.231 e. The third kappa shape index (κ3) is 3.39. The zero-order valence-electron chi connectivity index (χ0n) is 14.6. The normalized spacial score (nSPS) is 12.2. The fourth-order valence-electron chi connectivity index (χ4n) is 2.72. The van der Waals surface area contributed by atoms with Gasteiger partial charge in [0.15, 0.2) is 17.3 Å². The van der Waals surface area contributed by atoms with Crippen LogP contribution in [0.15, 0.2) is 36.7 Å². The summed E-state index contributed by atoms with van der Waals surface area (Å²) < 4.78 is 18.1. The van der Waals surface area contributed by atoms with Crippen LogP contribution in [-0.4, -0.2) is 39.7 Å². The van der Waals surface area contributed by atoms with Crippen molar-refractivity contribution in [2.24, 2.45) is 0 Å². The Morgan fingerprint density at radius 2 is 2.04 bits per heavy atom. The van der Waals surface area contributed by atoms with E-state index in [-0.39, 0.29) is 6.79 Å². The fourth-order valence-corrected chi connectivity index (χ4v) is 2.72. The highest BCUT2D eigenvalue weighted by Gasteiger charge is 2.13. The summed E-state index contributed by atoms with van der Waals surface area (Å²) in [6.07, 6.45) is 3.36. The number of benzene rings is 1. The predicted molar refractivity (Wildman–Crippen MR) is 95.2 cm³/mol. The number of aryl methyl sites for hydroxylation is 2. The van der Waals surface area contributed by atoms with E-state index in [1.807, 2.05) is 38.1 Å². The molecular formula is C18H19N5O3. The minimum atomic E-state index is 0.255. The van der Waals surface area contributed by atoms with Gasteiger partial charge in [-0.2, -0.15) is 5.10 Å². The quantitative estimate of drug-likeness (QED) is 0.682. The molecule has 0 saturated carbocycles. The van der Waals surface area contributed by atoms with Crippen LogP contribution in [0.3, 0.4) is 0 Å². The lowest BCUT2D eigenvalue weighted by atomic mass is 10.3. The molecule has 1 N–H and O–H groups in total. The largest absolute Gasteiger partial charge is 0.492 e. The molecule has 0 aliphatic carbocycles. The van der Waals surface area contributed by atoms with Crippen molar-refractivity contribution in [3.05, 3.63) is 48.0 Å². The van der Waals surface area contributed by atoms with E-state index in [1.165, 1.54) is 0 Å². The molecule has 0 spiro atoms. The zero-order valence-corrected chi connectivity index (χ0v) is 14.6. The van der Waals surface area contributed by atoms with E-state index in [0.29, 0.717) is 30.5 Å². The van der Waals surface area contributed by atoms with E-state index in [0.717, 1.165) is 22.9 Å². The Morgan fingerprint density at radius 3 is 2.88 bits per heavy atom. The van der Waals surface area contributed by atoms with E-state index in [9.17, 15) is 0 Å². The van der Waals surface area contributed by atoms with Crippen molar-refractivity contribution in [3.8, 4) is 23.1 Å². The van der Waals surface area contributed by atoms with Gasteiger partial charge >= 0.3 is 0 Å². The molecule has 0 atom stereocenters. The van der Waals surface area contributed by atoms with Gasteiger partial charge in [0.05, 0.1) is 24.6 Å². The van der Waals surface area contributed by atoms with Crippen molar-refractivity contribution in [3.63, 3.8) is 0 Å². The van der Waals surface area contributed by atoms with Crippen molar-refractivity contribution < 1.29 is 14.2 Å². The summed E-state index contributed by atoms with van der Waals surface area (Å²) in [5.41, 5.74) is 1.96. The molecule has 1 aliphatic heterocycles. The number of ether oxygens (including phenoxy) is 3. The summed E-state index contributed by atoms with van der Waals surface area (Å²) in [6.45, 7) is 5.26. The van der Waals surface area contributed by atoms with Gasteiger partial charge in [-0.25, -0.2) is 9.67 Å². The molecule has 0 fully saturated rings. The van der Waals surface area contributed by atoms with Crippen molar-refractivity contribution in [1.29, 1.82) is 0 Å². The minimum absolute atomic E-state index is 0.255. The zero-order chi connectivity index (χ0) is 17.9. The third-order valence-electron chi connectivity index (χ3n) is 3.87. The maximum atomic E-state index is 5.73. The Kier molecular flexibility index (Phi) is 4.30. The molecule has 134 valence electrons. The number of rotatable bonds is 6. The lowest BCUT2D eigenvalue weighted by Crippen LogP contribution is -2.13. The van der Waals surface area contributed by atoms with E-state index in [1.54, 1.807) is 17.1 Å². The number of fused-ring (bicyclic) bond motifs is 1. The summed E-state index contributed by atoms with van der Waals surface area (Å²) in [7, 11) is 0. The van der Waals surface area contributed by atoms with Crippen LogP contribution in [0.2, 0.25) is 0 Å². The maximum absolute atomic E-state index is 5.73. The first-order valence-corrected chi connectivity index (χ1v) is 8.31. The lowest BCUT2D eigenvalue weighted by molar-refractivity contribution is 0.174. The van der Waals surface area contributed by atoms with Crippen LogP contribution in [0.1, 0.15) is 11.4 Å². The average Bonchev–Trinajstić information content (AvgIpc) is 3.24. The summed E-state index contributed by atoms with van der Waals surface area (Å²) in [4.78, 5) is 8.77. The molecule has 1 aromatic carbocycles. The molecule has 8 nitrogen and oxygen atoms in total. The number of anilines is 1. The second-order valence-electron chi connectivity index (χ2n) is 5.89. The first-order valence-electron chi connectivity index (χ1n) is 8.31. The van der Waals surface area contributed by atoms with Gasteiger partial charge in [0, 0.05) is 11.8 Å². The molecule has 3 aromatic rings. The maximum Gasteiger partial charge on any atom is 0.231 e. The molecule has 2 aromatic heterocycles. The van der Waals surface area contributed by atoms with Gasteiger partial charge in [-0.05, 0) is 32.0 Å². The highest BCUT2D eigenvalue weighted by molar-refractivity contribution is 5.47. The Morgan fingerprint density at radius 1 is 1.15 bits per heavy atom. The van der Waals surface area contributed by atoms with Crippen LogP contribution >= 0.6 is 0 Å². The SMILES string of the molecule is Cc1cc(C)n(-c2cncc(NCCOc3ccc4c(c3)OCO4)n2)n1. The fraction of sp³-hybridized carbons (Fsp3) is 0.278. The summed E-state index contributed by atoms with van der Waals surface area (Å²) in [6, 6.07) is 7.53. The van der Waals surface area contributed by atoms with E-state index >= 15 is 0 Å². The molecule has 0 radical (unpaired) electrons. The molecule has 0 saturated heterocycles. The summed E-state index contributed by atoms with van der Waals surface area (Å²) in [5, 5.41) is 7.63. The van der Waals surface area contributed by atoms with Crippen molar-refractivity contribution >= 4 is 5.82 Å². The molecule has 8 heteroatoms. The van der Waals surface area contributed by atoms with Crippen LogP contribution < -0.4 is 19.5 Å². The summed E-state index contributed by atoms with van der Waals surface area (Å²) in [5.74, 6) is 3.53. The van der Waals surface area contributed by atoms with Gasteiger partial charge in [-0.1, -0.05) is 0 Å². The molecule has 1 aliphatic rings. The number of nitrogens with zero attached hydrogens (tertiary/aromatic N) is 4. The van der Waals surface area contributed by atoms with Crippen LogP contribution in [0.5, 0.6) is 17.2 Å². The third-order valence-corrected chi connectivity index (χ3v) is 3.87. The highest BCUT2D eigenvalue weighted by atomic mass is 16.7. The monoisotopic (exact) mass is 353 g/mol. The predicted octanol–water partition coefficient (Wildman–Crippen LogP) is 2.50. The van der Waals surface area contributed by atoms with Crippen LogP contribution in [0.25, 0.3) is 5.82 Å². The molecule has 26 heavy (non-hydrogen) atoms. The Balaban J connectivity index is 1.34. The second kappa shape index (κ2) is 6.91. The van der Waals surface area contributed by atoms with Gasteiger partial charge in [0.1, 0.15) is 18.2 Å². The number of aromatic nitrogens is 4. The molecule has 0 unspecified atom stereocenters. The molecule has 0 amide bonds. The van der Waals surface area contributed by atoms with E-state index in [4.69, 9.17) is 14.2 Å². The topological polar surface area (TPSA) is 83.3 Å². The number of hydrogen-bond donors (Lipinski definition) is 1. The average molecular weight is 353 g/mol. The molecular weight excluding hydrogens is 334 g/mol. The van der Waals surface area contributed by atoms with Crippen molar-refractivity contribution in [2.45, 2.75) is 13.8 Å².